The largest absolute Gasteiger partial charge is 0.223 e. The van der Waals surface area contributed by atoms with Crippen molar-refractivity contribution in [2.45, 2.75) is 17.6 Å². The first kappa shape index (κ1) is 11.9. The minimum absolute atomic E-state index is 0.0543. The summed E-state index contributed by atoms with van der Waals surface area (Å²) in [5.74, 6) is 0.0543. The van der Waals surface area contributed by atoms with E-state index >= 15 is 0 Å². The van der Waals surface area contributed by atoms with E-state index in [1.165, 1.54) is 0 Å². The van der Waals surface area contributed by atoms with Gasteiger partial charge in [-0.1, -0.05) is 48.0 Å². The fourth-order valence-corrected chi connectivity index (χ4v) is 3.09. The highest BCUT2D eigenvalue weighted by atomic mass is 32.2. The molecule has 0 amide bonds. The second-order valence-corrected chi connectivity index (χ2v) is 6.05. The highest BCUT2D eigenvalue weighted by molar-refractivity contribution is 7.90. The van der Waals surface area contributed by atoms with E-state index in [2.05, 4.69) is 0 Å². The van der Waals surface area contributed by atoms with Gasteiger partial charge in [-0.3, -0.25) is 0 Å². The van der Waals surface area contributed by atoms with Crippen LogP contribution in [0, 0.1) is 6.92 Å². The quantitative estimate of drug-likeness (QED) is 0.834. The Morgan fingerprint density at radius 2 is 1.65 bits per heavy atom. The molecule has 0 aliphatic heterocycles. The van der Waals surface area contributed by atoms with Crippen LogP contribution in [0.3, 0.4) is 0 Å². The predicted molar refractivity (Wildman–Crippen MR) is 68.5 cm³/mol. The minimum Gasteiger partial charge on any atom is -0.223 e. The van der Waals surface area contributed by atoms with Crippen molar-refractivity contribution in [3.63, 3.8) is 0 Å². The molecule has 2 nitrogen and oxygen atoms in total. The maximum atomic E-state index is 12.1. The summed E-state index contributed by atoms with van der Waals surface area (Å²) in [6.07, 6.45) is 0. The molecule has 2 rings (SSSR count). The number of sulfone groups is 1. The van der Waals surface area contributed by atoms with Gasteiger partial charge < -0.3 is 0 Å². The number of aryl methyl sites for hydroxylation is 1. The first-order chi connectivity index (χ1) is 8.08. The number of hydrogen-bond donors (Lipinski definition) is 0. The maximum absolute atomic E-state index is 12.1. The van der Waals surface area contributed by atoms with E-state index in [1.807, 2.05) is 37.3 Å². The summed E-state index contributed by atoms with van der Waals surface area (Å²) in [6.45, 7) is 1.96. The molecule has 0 saturated heterocycles. The lowest BCUT2D eigenvalue weighted by Gasteiger charge is -2.05. The van der Waals surface area contributed by atoms with Crippen LogP contribution < -0.4 is 0 Å². The van der Waals surface area contributed by atoms with E-state index in [9.17, 15) is 8.42 Å². The zero-order valence-corrected chi connectivity index (χ0v) is 10.4. The first-order valence-electron chi connectivity index (χ1n) is 5.41. The van der Waals surface area contributed by atoms with Crippen LogP contribution in [0.2, 0.25) is 0 Å². The Kier molecular flexibility index (Phi) is 3.29. The molecule has 0 aliphatic carbocycles. The maximum Gasteiger partial charge on any atom is 0.182 e. The van der Waals surface area contributed by atoms with Crippen LogP contribution in [0.4, 0.5) is 0 Å². The summed E-state index contributed by atoms with van der Waals surface area (Å²) < 4.78 is 24.2. The van der Waals surface area contributed by atoms with Gasteiger partial charge >= 0.3 is 0 Å². The highest BCUT2D eigenvalue weighted by Crippen LogP contribution is 2.16. The van der Waals surface area contributed by atoms with Crippen molar-refractivity contribution in [3.05, 3.63) is 65.7 Å². The van der Waals surface area contributed by atoms with Gasteiger partial charge in [-0.2, -0.15) is 0 Å². The molecule has 0 heterocycles. The van der Waals surface area contributed by atoms with Gasteiger partial charge in [0.15, 0.2) is 9.84 Å². The lowest BCUT2D eigenvalue weighted by atomic mass is 10.2. The molecular formula is C14H14O2S. The van der Waals surface area contributed by atoms with E-state index in [0.717, 1.165) is 11.1 Å². The van der Waals surface area contributed by atoms with E-state index < -0.39 is 9.84 Å². The average Bonchev–Trinajstić information content (AvgIpc) is 2.29. The van der Waals surface area contributed by atoms with Gasteiger partial charge in [0.1, 0.15) is 0 Å². The zero-order valence-electron chi connectivity index (χ0n) is 9.63. The second-order valence-electron chi connectivity index (χ2n) is 4.06. The SMILES string of the molecule is Cc1cccc(CS(=O)(=O)c2ccccc2)c1. The summed E-state index contributed by atoms with van der Waals surface area (Å²) in [6, 6.07) is 16.1. The van der Waals surface area contributed by atoms with Crippen molar-refractivity contribution in [2.75, 3.05) is 0 Å². The molecule has 0 spiro atoms. The van der Waals surface area contributed by atoms with Crippen molar-refractivity contribution in [3.8, 4) is 0 Å². The third kappa shape index (κ3) is 2.94. The van der Waals surface area contributed by atoms with Crippen molar-refractivity contribution in [1.29, 1.82) is 0 Å². The minimum atomic E-state index is -3.23. The van der Waals surface area contributed by atoms with Crippen LogP contribution in [0.5, 0.6) is 0 Å². The molecule has 0 aliphatic rings. The van der Waals surface area contributed by atoms with Crippen molar-refractivity contribution < 1.29 is 8.42 Å². The third-order valence-corrected chi connectivity index (χ3v) is 4.25. The first-order valence-corrected chi connectivity index (χ1v) is 7.06. The van der Waals surface area contributed by atoms with Gasteiger partial charge in [0.25, 0.3) is 0 Å². The summed E-state index contributed by atoms with van der Waals surface area (Å²) in [5, 5.41) is 0. The lowest BCUT2D eigenvalue weighted by Crippen LogP contribution is -2.04. The molecule has 0 saturated carbocycles. The van der Waals surface area contributed by atoms with E-state index in [0.29, 0.717) is 4.90 Å². The lowest BCUT2D eigenvalue weighted by molar-refractivity contribution is 0.595. The molecule has 3 heteroatoms. The van der Waals surface area contributed by atoms with Gasteiger partial charge in [0.2, 0.25) is 0 Å². The van der Waals surface area contributed by atoms with Crippen LogP contribution >= 0.6 is 0 Å². The number of rotatable bonds is 3. The normalized spacial score (nSPS) is 11.4. The molecule has 0 N–H and O–H groups in total. The van der Waals surface area contributed by atoms with E-state index in [-0.39, 0.29) is 5.75 Å². The Balaban J connectivity index is 2.30. The molecule has 0 radical (unpaired) electrons. The topological polar surface area (TPSA) is 34.1 Å². The van der Waals surface area contributed by atoms with Crippen LogP contribution in [-0.2, 0) is 15.6 Å². The Hall–Kier alpha value is -1.61. The van der Waals surface area contributed by atoms with Gasteiger partial charge in [0, 0.05) is 0 Å². The van der Waals surface area contributed by atoms with Gasteiger partial charge in [0.05, 0.1) is 10.6 Å². The van der Waals surface area contributed by atoms with E-state index in [4.69, 9.17) is 0 Å². The molecule has 2 aromatic rings. The second kappa shape index (κ2) is 4.72. The fourth-order valence-electron chi connectivity index (χ4n) is 1.73. The smallest absolute Gasteiger partial charge is 0.182 e. The molecule has 0 atom stereocenters. The number of benzene rings is 2. The number of hydrogen-bond acceptors (Lipinski definition) is 2. The highest BCUT2D eigenvalue weighted by Gasteiger charge is 2.14. The molecule has 88 valence electrons. The van der Waals surface area contributed by atoms with Crippen LogP contribution in [0.15, 0.2) is 59.5 Å². The molecule has 0 bridgehead atoms. The predicted octanol–water partition coefficient (Wildman–Crippen LogP) is 2.97. The molecule has 0 aromatic heterocycles. The molecule has 0 unspecified atom stereocenters. The van der Waals surface area contributed by atoms with Gasteiger partial charge in [-0.25, -0.2) is 8.42 Å². The molecular weight excluding hydrogens is 232 g/mol. The summed E-state index contributed by atoms with van der Waals surface area (Å²) >= 11 is 0. The third-order valence-electron chi connectivity index (χ3n) is 2.54. The molecule has 17 heavy (non-hydrogen) atoms. The summed E-state index contributed by atoms with van der Waals surface area (Å²) in [5.41, 5.74) is 1.90. The van der Waals surface area contributed by atoms with Crippen molar-refractivity contribution >= 4 is 9.84 Å². The molecule has 2 aromatic carbocycles. The summed E-state index contributed by atoms with van der Waals surface area (Å²) in [4.78, 5) is 0.376. The van der Waals surface area contributed by atoms with E-state index in [1.54, 1.807) is 24.3 Å². The van der Waals surface area contributed by atoms with Crippen LogP contribution in [-0.4, -0.2) is 8.42 Å². The Morgan fingerprint density at radius 3 is 2.29 bits per heavy atom. The Labute approximate surface area is 102 Å². The Morgan fingerprint density at radius 1 is 0.941 bits per heavy atom. The zero-order chi connectivity index (χ0) is 12.3. The molecule has 0 fully saturated rings. The monoisotopic (exact) mass is 246 g/mol. The Bertz CT molecular complexity index is 601. The van der Waals surface area contributed by atoms with Gasteiger partial charge in [-0.05, 0) is 24.6 Å². The van der Waals surface area contributed by atoms with Crippen LogP contribution in [0.1, 0.15) is 11.1 Å². The average molecular weight is 246 g/mol. The van der Waals surface area contributed by atoms with Crippen molar-refractivity contribution in [2.24, 2.45) is 0 Å². The van der Waals surface area contributed by atoms with Crippen LogP contribution in [0.25, 0.3) is 0 Å². The fraction of sp³-hybridized carbons (Fsp3) is 0.143. The standard InChI is InChI=1S/C14H14O2S/c1-12-6-5-7-13(10-12)11-17(15,16)14-8-3-2-4-9-14/h2-10H,11H2,1H3. The van der Waals surface area contributed by atoms with Gasteiger partial charge in [-0.15, -0.1) is 0 Å². The van der Waals surface area contributed by atoms with Crippen molar-refractivity contribution in [1.82, 2.24) is 0 Å². The summed E-state index contributed by atoms with van der Waals surface area (Å²) in [7, 11) is -3.23.